The van der Waals surface area contributed by atoms with Crippen LogP contribution in [0.4, 0.5) is 0 Å². The molecule has 13 heavy (non-hydrogen) atoms. The Balaban J connectivity index is 2.20. The van der Waals surface area contributed by atoms with Crippen molar-refractivity contribution in [3.8, 4) is 6.07 Å². The van der Waals surface area contributed by atoms with E-state index in [1.807, 2.05) is 0 Å². The summed E-state index contributed by atoms with van der Waals surface area (Å²) in [4.78, 5) is 0. The molecule has 1 heteroatoms. The minimum absolute atomic E-state index is 0.270. The summed E-state index contributed by atoms with van der Waals surface area (Å²) in [6, 6.07) is 2.38. The first-order chi connectivity index (χ1) is 6.36. The molecule has 1 nitrogen and oxygen atoms in total. The summed E-state index contributed by atoms with van der Waals surface area (Å²) in [6.45, 7) is 2.14. The van der Waals surface area contributed by atoms with Gasteiger partial charge in [0.05, 0.1) is 6.07 Å². The van der Waals surface area contributed by atoms with E-state index in [-0.39, 0.29) is 5.92 Å². The standard InChI is InChI=1S/C12H17N/c1-2-5-12(10-13)9-8-11-6-3-4-7-11/h3-4,6,12H,2,5,7-9H2,1H3. The zero-order valence-corrected chi connectivity index (χ0v) is 8.29. The Hall–Kier alpha value is -1.03. The van der Waals surface area contributed by atoms with Gasteiger partial charge in [-0.1, -0.05) is 37.1 Å². The van der Waals surface area contributed by atoms with Gasteiger partial charge in [-0.05, 0) is 25.7 Å². The Morgan fingerprint density at radius 1 is 1.54 bits per heavy atom. The Morgan fingerprint density at radius 2 is 2.38 bits per heavy atom. The second kappa shape index (κ2) is 5.59. The van der Waals surface area contributed by atoms with E-state index in [1.165, 1.54) is 5.57 Å². The Morgan fingerprint density at radius 3 is 2.92 bits per heavy atom. The van der Waals surface area contributed by atoms with Crippen LogP contribution >= 0.6 is 0 Å². The van der Waals surface area contributed by atoms with Gasteiger partial charge in [-0.2, -0.15) is 5.26 Å². The molecule has 0 saturated carbocycles. The van der Waals surface area contributed by atoms with Crippen molar-refractivity contribution in [3.63, 3.8) is 0 Å². The average Bonchev–Trinajstić information content (AvgIpc) is 2.64. The van der Waals surface area contributed by atoms with Crippen LogP contribution in [0.25, 0.3) is 0 Å². The lowest BCUT2D eigenvalue weighted by Crippen LogP contribution is -1.96. The summed E-state index contributed by atoms with van der Waals surface area (Å²) in [7, 11) is 0. The molecule has 0 N–H and O–H groups in total. The molecular formula is C12H17N. The average molecular weight is 175 g/mol. The van der Waals surface area contributed by atoms with Gasteiger partial charge in [0.2, 0.25) is 0 Å². The van der Waals surface area contributed by atoms with E-state index in [4.69, 9.17) is 5.26 Å². The highest BCUT2D eigenvalue weighted by atomic mass is 14.3. The maximum atomic E-state index is 8.85. The van der Waals surface area contributed by atoms with Crippen LogP contribution in [0.1, 0.15) is 39.0 Å². The number of hydrogen-bond acceptors (Lipinski definition) is 1. The molecule has 0 fully saturated rings. The molecule has 70 valence electrons. The van der Waals surface area contributed by atoms with Crippen LogP contribution in [0.2, 0.25) is 0 Å². The molecule has 1 atom stereocenters. The Bertz CT molecular complexity index is 242. The van der Waals surface area contributed by atoms with Gasteiger partial charge < -0.3 is 0 Å². The van der Waals surface area contributed by atoms with Gasteiger partial charge in [-0.3, -0.25) is 0 Å². The van der Waals surface area contributed by atoms with Gasteiger partial charge in [0.25, 0.3) is 0 Å². The maximum absolute atomic E-state index is 8.85. The topological polar surface area (TPSA) is 23.8 Å². The van der Waals surface area contributed by atoms with E-state index in [9.17, 15) is 0 Å². The largest absolute Gasteiger partial charge is 0.198 e. The first-order valence-corrected chi connectivity index (χ1v) is 5.11. The number of nitrogens with zero attached hydrogens (tertiary/aromatic N) is 1. The van der Waals surface area contributed by atoms with Gasteiger partial charge in [-0.25, -0.2) is 0 Å². The third kappa shape index (κ3) is 3.46. The fraction of sp³-hybridized carbons (Fsp3) is 0.583. The van der Waals surface area contributed by atoms with Crippen LogP contribution in [0.5, 0.6) is 0 Å². The highest BCUT2D eigenvalue weighted by Crippen LogP contribution is 2.21. The molecule has 0 bridgehead atoms. The molecule has 1 unspecified atom stereocenters. The molecule has 0 heterocycles. The van der Waals surface area contributed by atoms with Crippen molar-refractivity contribution in [2.75, 3.05) is 0 Å². The lowest BCUT2D eigenvalue weighted by molar-refractivity contribution is 0.545. The molecule has 1 aliphatic carbocycles. The predicted octanol–water partition coefficient (Wildman–Crippen LogP) is 3.59. The number of allylic oxidation sites excluding steroid dienone is 4. The molecule has 0 aromatic rings. The van der Waals surface area contributed by atoms with E-state index >= 15 is 0 Å². The molecular weight excluding hydrogens is 158 g/mol. The molecule has 0 radical (unpaired) electrons. The number of hydrogen-bond donors (Lipinski definition) is 0. The minimum Gasteiger partial charge on any atom is -0.198 e. The predicted molar refractivity (Wildman–Crippen MR) is 55.1 cm³/mol. The van der Waals surface area contributed by atoms with E-state index in [0.29, 0.717) is 0 Å². The summed E-state index contributed by atoms with van der Waals surface area (Å²) in [5, 5.41) is 8.85. The van der Waals surface area contributed by atoms with E-state index in [2.05, 4.69) is 31.2 Å². The maximum Gasteiger partial charge on any atom is 0.0655 e. The molecule has 1 rings (SSSR count). The van der Waals surface area contributed by atoms with Crippen molar-refractivity contribution < 1.29 is 0 Å². The van der Waals surface area contributed by atoms with Gasteiger partial charge in [0.15, 0.2) is 0 Å². The fourth-order valence-corrected chi connectivity index (χ4v) is 1.66. The summed E-state index contributed by atoms with van der Waals surface area (Å²) in [6.07, 6.45) is 11.9. The van der Waals surface area contributed by atoms with Crippen LogP contribution in [0, 0.1) is 17.2 Å². The van der Waals surface area contributed by atoms with Gasteiger partial charge in [0, 0.05) is 5.92 Å². The second-order valence-electron chi connectivity index (χ2n) is 3.61. The lowest BCUT2D eigenvalue weighted by Gasteiger charge is -2.07. The van der Waals surface area contributed by atoms with Gasteiger partial charge in [0.1, 0.15) is 0 Å². The third-order valence-electron chi connectivity index (χ3n) is 2.48. The van der Waals surface area contributed by atoms with Crippen molar-refractivity contribution in [3.05, 3.63) is 23.8 Å². The van der Waals surface area contributed by atoms with Gasteiger partial charge in [-0.15, -0.1) is 0 Å². The van der Waals surface area contributed by atoms with Crippen LogP contribution in [0.3, 0.4) is 0 Å². The zero-order chi connectivity index (χ0) is 9.52. The van der Waals surface area contributed by atoms with Gasteiger partial charge >= 0.3 is 0 Å². The number of nitriles is 1. The third-order valence-corrected chi connectivity index (χ3v) is 2.48. The van der Waals surface area contributed by atoms with Crippen LogP contribution < -0.4 is 0 Å². The smallest absolute Gasteiger partial charge is 0.0655 e. The first-order valence-electron chi connectivity index (χ1n) is 5.11. The molecule has 1 aliphatic rings. The zero-order valence-electron chi connectivity index (χ0n) is 8.29. The van der Waals surface area contributed by atoms with Crippen molar-refractivity contribution >= 4 is 0 Å². The fourth-order valence-electron chi connectivity index (χ4n) is 1.66. The quantitative estimate of drug-likeness (QED) is 0.626. The molecule has 0 aromatic heterocycles. The Labute approximate surface area is 80.8 Å². The molecule has 0 spiro atoms. The van der Waals surface area contributed by atoms with E-state index in [1.54, 1.807) is 0 Å². The van der Waals surface area contributed by atoms with Crippen molar-refractivity contribution in [2.45, 2.75) is 39.0 Å². The van der Waals surface area contributed by atoms with E-state index < -0.39 is 0 Å². The van der Waals surface area contributed by atoms with Crippen LogP contribution in [0.15, 0.2) is 23.8 Å². The summed E-state index contributed by atoms with van der Waals surface area (Å²) in [5.74, 6) is 0.270. The van der Waals surface area contributed by atoms with Crippen molar-refractivity contribution in [1.29, 1.82) is 5.26 Å². The molecule has 0 amide bonds. The molecule has 0 saturated heterocycles. The Kier molecular flexibility index (Phi) is 4.32. The highest BCUT2D eigenvalue weighted by Gasteiger charge is 2.07. The van der Waals surface area contributed by atoms with Crippen molar-refractivity contribution in [2.24, 2.45) is 5.92 Å². The monoisotopic (exact) mass is 175 g/mol. The van der Waals surface area contributed by atoms with Crippen LogP contribution in [-0.2, 0) is 0 Å². The molecule has 0 aromatic carbocycles. The minimum atomic E-state index is 0.270. The van der Waals surface area contributed by atoms with Crippen LogP contribution in [-0.4, -0.2) is 0 Å². The van der Waals surface area contributed by atoms with E-state index in [0.717, 1.165) is 32.1 Å². The highest BCUT2D eigenvalue weighted by molar-refractivity contribution is 5.22. The molecule has 0 aliphatic heterocycles. The SMILES string of the molecule is CCCC(C#N)CCC1=CC=CC1. The van der Waals surface area contributed by atoms with Crippen molar-refractivity contribution in [1.82, 2.24) is 0 Å². The number of rotatable bonds is 5. The summed E-state index contributed by atoms with van der Waals surface area (Å²) >= 11 is 0. The lowest BCUT2D eigenvalue weighted by atomic mass is 9.96. The summed E-state index contributed by atoms with van der Waals surface area (Å²) < 4.78 is 0. The normalized spacial score (nSPS) is 16.8. The summed E-state index contributed by atoms with van der Waals surface area (Å²) in [5.41, 5.74) is 1.48. The second-order valence-corrected chi connectivity index (χ2v) is 3.61. The first kappa shape index (κ1) is 10.1.